The molecule has 4 heteroatoms. The molecule has 1 fully saturated rings. The van der Waals surface area contributed by atoms with Gasteiger partial charge < -0.3 is 9.15 Å². The molecule has 1 aromatic heterocycles. The van der Waals surface area contributed by atoms with Crippen LogP contribution in [0.15, 0.2) is 16.5 Å². The van der Waals surface area contributed by atoms with Crippen LogP contribution in [0.1, 0.15) is 25.0 Å². The van der Waals surface area contributed by atoms with E-state index in [-0.39, 0.29) is 17.8 Å². The first-order chi connectivity index (χ1) is 6.72. The van der Waals surface area contributed by atoms with Gasteiger partial charge in [-0.05, 0) is 37.1 Å². The Morgan fingerprint density at radius 2 is 2.50 bits per heavy atom. The van der Waals surface area contributed by atoms with Crippen LogP contribution in [-0.2, 0) is 9.53 Å². The summed E-state index contributed by atoms with van der Waals surface area (Å²) in [6.45, 7) is 2.24. The van der Waals surface area contributed by atoms with Gasteiger partial charge in [0.05, 0.1) is 12.5 Å². The number of carbonyl (C=O) groups is 1. The summed E-state index contributed by atoms with van der Waals surface area (Å²) in [5.74, 6) is 0.789. The summed E-state index contributed by atoms with van der Waals surface area (Å²) in [6, 6.07) is 3.50. The van der Waals surface area contributed by atoms with Gasteiger partial charge in [-0.2, -0.15) is 0 Å². The van der Waals surface area contributed by atoms with Gasteiger partial charge in [0.15, 0.2) is 5.22 Å². The predicted octanol–water partition coefficient (Wildman–Crippen LogP) is 2.60. The van der Waals surface area contributed by atoms with Crippen LogP contribution in [0.3, 0.4) is 0 Å². The van der Waals surface area contributed by atoms with Gasteiger partial charge in [-0.15, -0.1) is 0 Å². The number of ether oxygens (including phenoxy) is 1. The molecule has 76 valence electrons. The Balaban J connectivity index is 1.96. The molecule has 14 heavy (non-hydrogen) atoms. The Labute approximate surface area is 87.0 Å². The highest BCUT2D eigenvalue weighted by Crippen LogP contribution is 2.48. The fourth-order valence-electron chi connectivity index (χ4n) is 1.55. The van der Waals surface area contributed by atoms with Crippen molar-refractivity contribution in [2.45, 2.75) is 19.3 Å². The molecule has 0 bridgehead atoms. The number of carbonyl (C=O) groups excluding carboxylic acids is 1. The highest BCUT2D eigenvalue weighted by atomic mass is 35.5. The molecule has 2 rings (SSSR count). The summed E-state index contributed by atoms with van der Waals surface area (Å²) in [4.78, 5) is 11.3. The van der Waals surface area contributed by atoms with Gasteiger partial charge in [-0.3, -0.25) is 4.79 Å². The van der Waals surface area contributed by atoms with E-state index in [4.69, 9.17) is 20.8 Å². The molecule has 1 aliphatic carbocycles. The van der Waals surface area contributed by atoms with E-state index in [1.165, 1.54) is 0 Å². The number of halogens is 1. The summed E-state index contributed by atoms with van der Waals surface area (Å²) < 4.78 is 10.1. The first-order valence-electron chi connectivity index (χ1n) is 4.64. The van der Waals surface area contributed by atoms with Gasteiger partial charge in [0.1, 0.15) is 5.76 Å². The molecule has 3 nitrogen and oxygen atoms in total. The van der Waals surface area contributed by atoms with Crippen molar-refractivity contribution in [2.24, 2.45) is 5.92 Å². The van der Waals surface area contributed by atoms with Crippen molar-refractivity contribution in [3.05, 3.63) is 23.1 Å². The first-order valence-corrected chi connectivity index (χ1v) is 5.02. The van der Waals surface area contributed by atoms with Gasteiger partial charge in [-0.25, -0.2) is 0 Å². The molecular weight excluding hydrogens is 204 g/mol. The molecule has 1 heterocycles. The molecular formula is C10H11ClO3. The highest BCUT2D eigenvalue weighted by Gasteiger charge is 2.47. The maximum Gasteiger partial charge on any atom is 0.309 e. The van der Waals surface area contributed by atoms with Crippen molar-refractivity contribution in [2.75, 3.05) is 6.61 Å². The molecule has 2 atom stereocenters. The molecule has 0 N–H and O–H groups in total. The lowest BCUT2D eigenvalue weighted by atomic mass is 10.2. The maximum atomic E-state index is 11.3. The third kappa shape index (κ3) is 1.77. The number of rotatable bonds is 3. The monoisotopic (exact) mass is 214 g/mol. The lowest BCUT2D eigenvalue weighted by molar-refractivity contribution is -0.144. The summed E-state index contributed by atoms with van der Waals surface area (Å²) in [7, 11) is 0. The topological polar surface area (TPSA) is 39.4 Å². The maximum absolute atomic E-state index is 11.3. The van der Waals surface area contributed by atoms with Crippen LogP contribution in [0.25, 0.3) is 0 Å². The Morgan fingerprint density at radius 1 is 1.71 bits per heavy atom. The van der Waals surface area contributed by atoms with Crippen molar-refractivity contribution in [3.63, 3.8) is 0 Å². The second-order valence-electron chi connectivity index (χ2n) is 3.34. The van der Waals surface area contributed by atoms with Gasteiger partial charge in [0.25, 0.3) is 0 Å². The molecule has 1 saturated carbocycles. The van der Waals surface area contributed by atoms with Crippen molar-refractivity contribution in [1.29, 1.82) is 0 Å². The standard InChI is InChI=1S/C10H11ClO3/c1-2-13-10(12)7-5-6(7)8-3-4-9(11)14-8/h3-4,6-7H,2,5H2,1H3. The summed E-state index contributed by atoms with van der Waals surface area (Å²) in [6.07, 6.45) is 0.808. The van der Waals surface area contributed by atoms with Crippen LogP contribution in [0.5, 0.6) is 0 Å². The van der Waals surface area contributed by atoms with E-state index in [1.807, 2.05) is 6.07 Å². The third-order valence-corrected chi connectivity index (χ3v) is 2.54. The van der Waals surface area contributed by atoms with Gasteiger partial charge in [0, 0.05) is 5.92 Å². The van der Waals surface area contributed by atoms with Gasteiger partial charge >= 0.3 is 5.97 Å². The van der Waals surface area contributed by atoms with E-state index in [0.29, 0.717) is 11.8 Å². The Kier molecular flexibility index (Phi) is 2.50. The number of esters is 1. The number of furan rings is 1. The van der Waals surface area contributed by atoms with E-state index in [1.54, 1.807) is 13.0 Å². The molecule has 0 amide bonds. The van der Waals surface area contributed by atoms with Crippen molar-refractivity contribution in [3.8, 4) is 0 Å². The van der Waals surface area contributed by atoms with Crippen LogP contribution >= 0.6 is 11.6 Å². The first kappa shape index (κ1) is 9.59. The van der Waals surface area contributed by atoms with Crippen molar-refractivity contribution < 1.29 is 13.9 Å². The zero-order valence-electron chi connectivity index (χ0n) is 7.83. The van der Waals surface area contributed by atoms with Crippen molar-refractivity contribution in [1.82, 2.24) is 0 Å². The quantitative estimate of drug-likeness (QED) is 0.726. The van der Waals surface area contributed by atoms with Crippen LogP contribution in [-0.4, -0.2) is 12.6 Å². The molecule has 1 aromatic rings. The lowest BCUT2D eigenvalue weighted by Gasteiger charge is -1.98. The summed E-state index contributed by atoms with van der Waals surface area (Å²) in [5.41, 5.74) is 0. The van der Waals surface area contributed by atoms with E-state index < -0.39 is 0 Å². The molecule has 0 saturated heterocycles. The average molecular weight is 215 g/mol. The average Bonchev–Trinajstić information content (AvgIpc) is 2.84. The smallest absolute Gasteiger partial charge is 0.309 e. The van der Waals surface area contributed by atoms with Gasteiger partial charge in [0.2, 0.25) is 0 Å². The largest absolute Gasteiger partial charge is 0.466 e. The third-order valence-electron chi connectivity index (χ3n) is 2.34. The van der Waals surface area contributed by atoms with Crippen LogP contribution in [0, 0.1) is 5.92 Å². The van der Waals surface area contributed by atoms with Crippen molar-refractivity contribution >= 4 is 17.6 Å². The fourth-order valence-corrected chi connectivity index (χ4v) is 1.70. The second-order valence-corrected chi connectivity index (χ2v) is 3.72. The molecule has 1 aliphatic rings. The molecule has 2 unspecified atom stereocenters. The SMILES string of the molecule is CCOC(=O)C1CC1c1ccc(Cl)o1. The van der Waals surface area contributed by atoms with Crippen LogP contribution < -0.4 is 0 Å². The predicted molar refractivity (Wildman–Crippen MR) is 51.2 cm³/mol. The Morgan fingerprint density at radius 3 is 3.07 bits per heavy atom. The van der Waals surface area contributed by atoms with Crippen LogP contribution in [0.4, 0.5) is 0 Å². The Hall–Kier alpha value is -0.960. The summed E-state index contributed by atoms with van der Waals surface area (Å²) >= 11 is 5.64. The molecule has 0 radical (unpaired) electrons. The van der Waals surface area contributed by atoms with E-state index in [2.05, 4.69) is 0 Å². The molecule has 0 aliphatic heterocycles. The van der Waals surface area contributed by atoms with Crippen LogP contribution in [0.2, 0.25) is 5.22 Å². The lowest BCUT2D eigenvalue weighted by Crippen LogP contribution is -2.06. The summed E-state index contributed by atoms with van der Waals surface area (Å²) in [5, 5.41) is 0.370. The molecule has 0 spiro atoms. The van der Waals surface area contributed by atoms with E-state index in [9.17, 15) is 4.79 Å². The minimum absolute atomic E-state index is 0.0304. The minimum atomic E-state index is -0.134. The zero-order valence-corrected chi connectivity index (χ0v) is 8.58. The van der Waals surface area contributed by atoms with E-state index in [0.717, 1.165) is 12.2 Å². The number of hydrogen-bond donors (Lipinski definition) is 0. The zero-order chi connectivity index (χ0) is 10.1. The Bertz CT molecular complexity index is 345. The normalized spacial score (nSPS) is 24.7. The van der Waals surface area contributed by atoms with E-state index >= 15 is 0 Å². The number of hydrogen-bond acceptors (Lipinski definition) is 3. The van der Waals surface area contributed by atoms with Gasteiger partial charge in [-0.1, -0.05) is 0 Å². The second kappa shape index (κ2) is 3.65. The highest BCUT2D eigenvalue weighted by molar-refractivity contribution is 6.28. The molecule has 0 aromatic carbocycles. The minimum Gasteiger partial charge on any atom is -0.466 e. The fraction of sp³-hybridized carbons (Fsp3) is 0.500.